The van der Waals surface area contributed by atoms with Crippen LogP contribution in [0.4, 0.5) is 10.7 Å². The van der Waals surface area contributed by atoms with Gasteiger partial charge in [0.05, 0.1) is 29.7 Å². The van der Waals surface area contributed by atoms with Crippen molar-refractivity contribution in [2.45, 2.75) is 20.8 Å². The average Bonchev–Trinajstić information content (AvgIpc) is 3.11. The van der Waals surface area contributed by atoms with E-state index in [0.29, 0.717) is 27.4 Å². The summed E-state index contributed by atoms with van der Waals surface area (Å²) >= 11 is 1.02. The normalized spacial score (nSPS) is 10.4. The molecule has 0 unspecified atom stereocenters. The highest BCUT2D eigenvalue weighted by Crippen LogP contribution is 2.35. The maximum atomic E-state index is 13.0. The van der Waals surface area contributed by atoms with Crippen molar-refractivity contribution >= 4 is 39.8 Å². The van der Waals surface area contributed by atoms with Gasteiger partial charge in [-0.05, 0) is 50.1 Å². The molecule has 7 nitrogen and oxygen atoms in total. The molecule has 1 aromatic heterocycles. The third kappa shape index (κ3) is 4.81. The van der Waals surface area contributed by atoms with E-state index < -0.39 is 11.9 Å². The number of hydrogen-bond acceptors (Lipinski definition) is 6. The van der Waals surface area contributed by atoms with Gasteiger partial charge in [-0.2, -0.15) is 0 Å². The predicted molar refractivity (Wildman–Crippen MR) is 125 cm³/mol. The number of thiophene rings is 1. The lowest BCUT2D eigenvalue weighted by atomic mass is 10.1. The summed E-state index contributed by atoms with van der Waals surface area (Å²) in [6.07, 6.45) is 0. The number of rotatable bonds is 7. The first-order valence-electron chi connectivity index (χ1n) is 9.99. The smallest absolute Gasteiger partial charge is 0.341 e. The zero-order chi connectivity index (χ0) is 23.3. The lowest BCUT2D eigenvalue weighted by molar-refractivity contribution is 0.0527. The fourth-order valence-corrected chi connectivity index (χ4v) is 4.25. The van der Waals surface area contributed by atoms with E-state index in [1.807, 2.05) is 25.1 Å². The highest BCUT2D eigenvalue weighted by Gasteiger charge is 2.27. The number of hydrogen-bond donors (Lipinski definition) is 2. The molecular formula is C24H24N2O5S. The van der Waals surface area contributed by atoms with E-state index in [4.69, 9.17) is 9.47 Å². The summed E-state index contributed by atoms with van der Waals surface area (Å²) in [5.74, 6) is -1.04. The van der Waals surface area contributed by atoms with Crippen LogP contribution in [0, 0.1) is 13.8 Å². The van der Waals surface area contributed by atoms with Gasteiger partial charge in [0, 0.05) is 5.69 Å². The molecule has 2 amide bonds. The Labute approximate surface area is 190 Å². The van der Waals surface area contributed by atoms with Crippen LogP contribution in [0.2, 0.25) is 0 Å². The summed E-state index contributed by atoms with van der Waals surface area (Å²) in [5, 5.41) is 5.86. The molecule has 2 aromatic carbocycles. The zero-order valence-corrected chi connectivity index (χ0v) is 19.1. The van der Waals surface area contributed by atoms with Crippen molar-refractivity contribution in [3.05, 3.63) is 75.7 Å². The maximum Gasteiger partial charge on any atom is 0.341 e. The van der Waals surface area contributed by atoms with E-state index in [9.17, 15) is 14.4 Å². The summed E-state index contributed by atoms with van der Waals surface area (Å²) in [6, 6.07) is 14.1. The third-order valence-electron chi connectivity index (χ3n) is 4.80. The minimum atomic E-state index is -0.605. The van der Waals surface area contributed by atoms with Crippen molar-refractivity contribution in [2.24, 2.45) is 0 Å². The van der Waals surface area contributed by atoms with Crippen LogP contribution < -0.4 is 15.4 Å². The Bertz CT molecular complexity index is 1170. The largest absolute Gasteiger partial charge is 0.496 e. The second-order valence-corrected chi connectivity index (χ2v) is 7.92. The molecular weight excluding hydrogens is 428 g/mol. The van der Waals surface area contributed by atoms with Crippen LogP contribution >= 0.6 is 11.3 Å². The zero-order valence-electron chi connectivity index (χ0n) is 18.3. The summed E-state index contributed by atoms with van der Waals surface area (Å²) in [4.78, 5) is 38.9. The Morgan fingerprint density at radius 1 is 0.938 bits per heavy atom. The Balaban J connectivity index is 1.98. The first kappa shape index (κ1) is 23.0. The standard InChI is InChI=1S/C24H24N2O5S/c1-5-31-24(29)19-15(3)20(22(28)25-17-12-8-6-10-14(17)2)32-23(19)26-21(27)16-11-7-9-13-18(16)30-4/h6-13H,5H2,1-4H3,(H,25,28)(H,26,27). The molecule has 0 aliphatic carbocycles. The lowest BCUT2D eigenvalue weighted by Crippen LogP contribution is -2.16. The van der Waals surface area contributed by atoms with Crippen LogP contribution in [0.1, 0.15) is 48.4 Å². The van der Waals surface area contributed by atoms with Gasteiger partial charge in [0.2, 0.25) is 0 Å². The second-order valence-electron chi connectivity index (χ2n) is 6.90. The number of esters is 1. The van der Waals surface area contributed by atoms with Crippen molar-refractivity contribution < 1.29 is 23.9 Å². The molecule has 1 heterocycles. The second kappa shape index (κ2) is 10.1. The molecule has 3 rings (SSSR count). The van der Waals surface area contributed by atoms with Crippen LogP contribution in [0.15, 0.2) is 48.5 Å². The molecule has 0 spiro atoms. The van der Waals surface area contributed by atoms with Gasteiger partial charge < -0.3 is 20.1 Å². The molecule has 0 atom stereocenters. The molecule has 166 valence electrons. The van der Waals surface area contributed by atoms with E-state index in [1.165, 1.54) is 7.11 Å². The van der Waals surface area contributed by atoms with Gasteiger partial charge in [0.15, 0.2) is 0 Å². The maximum absolute atomic E-state index is 13.0. The minimum Gasteiger partial charge on any atom is -0.496 e. The van der Waals surface area contributed by atoms with E-state index in [-0.39, 0.29) is 23.1 Å². The first-order valence-corrected chi connectivity index (χ1v) is 10.8. The van der Waals surface area contributed by atoms with Crippen LogP contribution in [0.5, 0.6) is 5.75 Å². The number of anilines is 2. The highest BCUT2D eigenvalue weighted by atomic mass is 32.1. The van der Waals surface area contributed by atoms with E-state index in [1.54, 1.807) is 44.2 Å². The Morgan fingerprint density at radius 3 is 2.31 bits per heavy atom. The Morgan fingerprint density at radius 2 is 1.62 bits per heavy atom. The summed E-state index contributed by atoms with van der Waals surface area (Å²) in [6.45, 7) is 5.41. The Hall–Kier alpha value is -3.65. The fraction of sp³-hybridized carbons (Fsp3) is 0.208. The van der Waals surface area contributed by atoms with Crippen molar-refractivity contribution in [1.29, 1.82) is 0 Å². The Kier molecular flexibility index (Phi) is 7.27. The molecule has 8 heteroatoms. The van der Waals surface area contributed by atoms with Crippen LogP contribution in [0.25, 0.3) is 0 Å². The molecule has 0 saturated heterocycles. The van der Waals surface area contributed by atoms with Gasteiger partial charge in [-0.3, -0.25) is 9.59 Å². The van der Waals surface area contributed by atoms with Gasteiger partial charge in [-0.15, -0.1) is 11.3 Å². The number of nitrogens with one attached hydrogen (secondary N) is 2. The van der Waals surface area contributed by atoms with Gasteiger partial charge in [0.1, 0.15) is 10.8 Å². The van der Waals surface area contributed by atoms with Gasteiger partial charge in [0.25, 0.3) is 11.8 Å². The molecule has 0 fully saturated rings. The van der Waals surface area contributed by atoms with E-state index in [0.717, 1.165) is 16.9 Å². The van der Waals surface area contributed by atoms with E-state index >= 15 is 0 Å². The summed E-state index contributed by atoms with van der Waals surface area (Å²) < 4.78 is 10.4. The monoisotopic (exact) mass is 452 g/mol. The fourth-order valence-electron chi connectivity index (χ4n) is 3.16. The number of ether oxygens (including phenoxy) is 2. The molecule has 0 radical (unpaired) electrons. The number of aryl methyl sites for hydroxylation is 1. The molecule has 3 aromatic rings. The van der Waals surface area contributed by atoms with Crippen molar-refractivity contribution in [2.75, 3.05) is 24.4 Å². The van der Waals surface area contributed by atoms with E-state index in [2.05, 4.69) is 10.6 Å². The molecule has 0 aliphatic rings. The van der Waals surface area contributed by atoms with Crippen LogP contribution in [-0.2, 0) is 4.74 Å². The van der Waals surface area contributed by atoms with Crippen molar-refractivity contribution in [3.63, 3.8) is 0 Å². The number of para-hydroxylation sites is 2. The highest BCUT2D eigenvalue weighted by molar-refractivity contribution is 7.19. The van der Waals surface area contributed by atoms with Crippen molar-refractivity contribution in [3.8, 4) is 5.75 Å². The van der Waals surface area contributed by atoms with Gasteiger partial charge in [-0.25, -0.2) is 4.79 Å². The predicted octanol–water partition coefficient (Wildman–Crippen LogP) is 5.05. The number of amides is 2. The molecule has 0 saturated carbocycles. The third-order valence-corrected chi connectivity index (χ3v) is 6.01. The van der Waals surface area contributed by atoms with Gasteiger partial charge in [-0.1, -0.05) is 30.3 Å². The first-order chi connectivity index (χ1) is 15.4. The topological polar surface area (TPSA) is 93.7 Å². The minimum absolute atomic E-state index is 0.162. The molecule has 0 aliphatic heterocycles. The number of benzene rings is 2. The van der Waals surface area contributed by atoms with Crippen LogP contribution in [0.3, 0.4) is 0 Å². The van der Waals surface area contributed by atoms with Crippen molar-refractivity contribution in [1.82, 2.24) is 0 Å². The molecule has 32 heavy (non-hydrogen) atoms. The molecule has 0 bridgehead atoms. The number of methoxy groups -OCH3 is 1. The lowest BCUT2D eigenvalue weighted by Gasteiger charge is -2.09. The van der Waals surface area contributed by atoms with Gasteiger partial charge >= 0.3 is 5.97 Å². The number of carbonyl (C=O) groups is 3. The van der Waals surface area contributed by atoms with Crippen LogP contribution in [-0.4, -0.2) is 31.5 Å². The molecule has 2 N–H and O–H groups in total. The summed E-state index contributed by atoms with van der Waals surface area (Å²) in [7, 11) is 1.47. The summed E-state index contributed by atoms with van der Waals surface area (Å²) in [5.41, 5.74) is 2.49. The SMILES string of the molecule is CCOC(=O)c1c(NC(=O)c2ccccc2OC)sc(C(=O)Nc2ccccc2C)c1C. The quantitative estimate of drug-likeness (QED) is 0.489. The number of carbonyl (C=O) groups excluding carboxylic acids is 3. The average molecular weight is 453 g/mol.